The average molecular weight is 290 g/mol. The first-order chi connectivity index (χ1) is 10.2. The van der Waals surface area contributed by atoms with E-state index in [2.05, 4.69) is 20.2 Å². The molecule has 0 atom stereocenters. The van der Waals surface area contributed by atoms with Crippen molar-refractivity contribution in [2.45, 2.75) is 51.7 Å². The van der Waals surface area contributed by atoms with Crippen LogP contribution in [0.3, 0.4) is 0 Å². The van der Waals surface area contributed by atoms with Gasteiger partial charge in [0.25, 0.3) is 0 Å². The number of ether oxygens (including phenoxy) is 1. The van der Waals surface area contributed by atoms with Gasteiger partial charge in [0.15, 0.2) is 0 Å². The second-order valence-electron chi connectivity index (χ2n) is 6.44. The standard InChI is InChI=1S/C16H26N4O/c1-12(2)21-15-7-10-18-16(19-15)20(14-3-4-14)11-13-5-8-17-9-6-13/h7,10,12-14,17H,3-6,8-9,11H2,1-2H3. The van der Waals surface area contributed by atoms with Gasteiger partial charge >= 0.3 is 0 Å². The van der Waals surface area contributed by atoms with Gasteiger partial charge < -0.3 is 15.0 Å². The summed E-state index contributed by atoms with van der Waals surface area (Å²) in [5, 5.41) is 3.43. The molecule has 1 aromatic heterocycles. The van der Waals surface area contributed by atoms with Crippen molar-refractivity contribution in [1.29, 1.82) is 0 Å². The van der Waals surface area contributed by atoms with E-state index >= 15 is 0 Å². The van der Waals surface area contributed by atoms with Gasteiger partial charge in [0, 0.05) is 24.8 Å². The number of nitrogens with one attached hydrogen (secondary N) is 1. The van der Waals surface area contributed by atoms with Crippen molar-refractivity contribution in [3.05, 3.63) is 12.3 Å². The molecule has 5 heteroatoms. The largest absolute Gasteiger partial charge is 0.475 e. The molecule has 0 aromatic carbocycles. The Labute approximate surface area is 127 Å². The van der Waals surface area contributed by atoms with Crippen LogP contribution in [-0.4, -0.2) is 41.7 Å². The molecule has 1 aliphatic carbocycles. The highest BCUT2D eigenvalue weighted by molar-refractivity contribution is 5.36. The fourth-order valence-electron chi connectivity index (χ4n) is 2.90. The van der Waals surface area contributed by atoms with Crippen LogP contribution in [0.25, 0.3) is 0 Å². The first kappa shape index (κ1) is 14.6. The van der Waals surface area contributed by atoms with Crippen molar-refractivity contribution in [3.63, 3.8) is 0 Å². The van der Waals surface area contributed by atoms with Crippen LogP contribution in [0, 0.1) is 5.92 Å². The van der Waals surface area contributed by atoms with Gasteiger partial charge in [-0.05, 0) is 58.5 Å². The van der Waals surface area contributed by atoms with Crippen LogP contribution in [0.15, 0.2) is 12.3 Å². The van der Waals surface area contributed by atoms with Gasteiger partial charge in [-0.3, -0.25) is 0 Å². The monoisotopic (exact) mass is 290 g/mol. The van der Waals surface area contributed by atoms with E-state index in [0.29, 0.717) is 11.9 Å². The van der Waals surface area contributed by atoms with Crippen LogP contribution in [0.4, 0.5) is 5.95 Å². The van der Waals surface area contributed by atoms with Crippen molar-refractivity contribution in [1.82, 2.24) is 15.3 Å². The molecule has 0 unspecified atom stereocenters. The molecule has 0 spiro atoms. The molecule has 1 N–H and O–H groups in total. The smallest absolute Gasteiger partial charge is 0.228 e. The van der Waals surface area contributed by atoms with E-state index < -0.39 is 0 Å². The number of nitrogens with zero attached hydrogens (tertiary/aromatic N) is 3. The summed E-state index contributed by atoms with van der Waals surface area (Å²) in [5.41, 5.74) is 0. The summed E-state index contributed by atoms with van der Waals surface area (Å²) >= 11 is 0. The third kappa shape index (κ3) is 4.06. The lowest BCUT2D eigenvalue weighted by atomic mass is 9.97. The topological polar surface area (TPSA) is 50.3 Å². The summed E-state index contributed by atoms with van der Waals surface area (Å²) in [5.74, 6) is 2.28. The van der Waals surface area contributed by atoms with Crippen molar-refractivity contribution in [3.8, 4) is 5.88 Å². The van der Waals surface area contributed by atoms with Gasteiger partial charge in [-0.25, -0.2) is 4.98 Å². The molecule has 1 saturated heterocycles. The molecule has 2 aliphatic rings. The normalized spacial score (nSPS) is 19.8. The minimum absolute atomic E-state index is 0.145. The van der Waals surface area contributed by atoms with Crippen LogP contribution >= 0.6 is 0 Å². The van der Waals surface area contributed by atoms with Crippen molar-refractivity contribution in [2.75, 3.05) is 24.5 Å². The maximum absolute atomic E-state index is 5.71. The van der Waals surface area contributed by atoms with Crippen LogP contribution in [0.1, 0.15) is 39.5 Å². The summed E-state index contributed by atoms with van der Waals surface area (Å²) in [6.07, 6.45) is 7.01. The Kier molecular flexibility index (Phi) is 4.58. The van der Waals surface area contributed by atoms with Gasteiger partial charge in [0.2, 0.25) is 11.8 Å². The number of aromatic nitrogens is 2. The number of rotatable bonds is 6. The minimum Gasteiger partial charge on any atom is -0.475 e. The summed E-state index contributed by atoms with van der Waals surface area (Å²) < 4.78 is 5.71. The fourth-order valence-corrected chi connectivity index (χ4v) is 2.90. The Morgan fingerprint density at radius 1 is 1.29 bits per heavy atom. The summed E-state index contributed by atoms with van der Waals surface area (Å²) in [7, 11) is 0. The predicted octanol–water partition coefficient (Wildman–Crippen LogP) is 2.23. The molecule has 116 valence electrons. The molecule has 1 saturated carbocycles. The van der Waals surface area contributed by atoms with E-state index in [4.69, 9.17) is 4.74 Å². The van der Waals surface area contributed by atoms with E-state index in [-0.39, 0.29) is 6.10 Å². The number of piperidine rings is 1. The van der Waals surface area contributed by atoms with Crippen LogP contribution < -0.4 is 15.0 Å². The number of hydrogen-bond acceptors (Lipinski definition) is 5. The minimum atomic E-state index is 0.145. The zero-order chi connectivity index (χ0) is 14.7. The van der Waals surface area contributed by atoms with E-state index in [1.54, 1.807) is 0 Å². The Bertz CT molecular complexity index is 455. The third-order valence-electron chi connectivity index (χ3n) is 4.13. The van der Waals surface area contributed by atoms with Crippen molar-refractivity contribution in [2.24, 2.45) is 5.92 Å². The number of hydrogen-bond donors (Lipinski definition) is 1. The van der Waals surface area contributed by atoms with Crippen LogP contribution in [0.5, 0.6) is 5.88 Å². The molecule has 0 bridgehead atoms. The van der Waals surface area contributed by atoms with Gasteiger partial charge in [0.05, 0.1) is 6.10 Å². The molecule has 2 heterocycles. The maximum atomic E-state index is 5.71. The van der Waals surface area contributed by atoms with Gasteiger partial charge in [0.1, 0.15) is 0 Å². The zero-order valence-corrected chi connectivity index (χ0v) is 13.1. The molecule has 2 fully saturated rings. The van der Waals surface area contributed by atoms with Crippen molar-refractivity contribution >= 4 is 5.95 Å². The summed E-state index contributed by atoms with van der Waals surface area (Å²) in [4.78, 5) is 11.5. The Balaban J connectivity index is 1.70. The van der Waals surface area contributed by atoms with Crippen LogP contribution in [0.2, 0.25) is 0 Å². The molecule has 21 heavy (non-hydrogen) atoms. The predicted molar refractivity (Wildman–Crippen MR) is 83.8 cm³/mol. The fraction of sp³-hybridized carbons (Fsp3) is 0.750. The molecule has 0 radical (unpaired) electrons. The van der Waals surface area contributed by atoms with Crippen molar-refractivity contribution < 1.29 is 4.74 Å². The van der Waals surface area contributed by atoms with E-state index in [0.717, 1.165) is 31.5 Å². The zero-order valence-electron chi connectivity index (χ0n) is 13.1. The molecule has 3 rings (SSSR count). The molecule has 1 aromatic rings. The maximum Gasteiger partial charge on any atom is 0.228 e. The van der Waals surface area contributed by atoms with Gasteiger partial charge in [-0.15, -0.1) is 0 Å². The first-order valence-corrected chi connectivity index (χ1v) is 8.19. The molecular formula is C16H26N4O. The SMILES string of the molecule is CC(C)Oc1ccnc(N(CC2CCNCC2)C2CC2)n1. The Morgan fingerprint density at radius 2 is 2.05 bits per heavy atom. The third-order valence-corrected chi connectivity index (χ3v) is 4.13. The Morgan fingerprint density at radius 3 is 2.71 bits per heavy atom. The highest BCUT2D eigenvalue weighted by atomic mass is 16.5. The van der Waals surface area contributed by atoms with E-state index in [1.807, 2.05) is 26.1 Å². The highest BCUT2D eigenvalue weighted by Crippen LogP contribution is 2.32. The lowest BCUT2D eigenvalue weighted by Gasteiger charge is -2.30. The molecule has 5 nitrogen and oxygen atoms in total. The summed E-state index contributed by atoms with van der Waals surface area (Å²) in [6, 6.07) is 2.48. The number of anilines is 1. The summed E-state index contributed by atoms with van der Waals surface area (Å²) in [6.45, 7) is 7.41. The van der Waals surface area contributed by atoms with Crippen LogP contribution in [-0.2, 0) is 0 Å². The molecule has 1 aliphatic heterocycles. The molecular weight excluding hydrogens is 264 g/mol. The first-order valence-electron chi connectivity index (χ1n) is 8.19. The quantitative estimate of drug-likeness (QED) is 0.870. The highest BCUT2D eigenvalue weighted by Gasteiger charge is 2.32. The van der Waals surface area contributed by atoms with Gasteiger partial charge in [-0.2, -0.15) is 4.98 Å². The second-order valence-corrected chi connectivity index (χ2v) is 6.44. The van der Waals surface area contributed by atoms with Gasteiger partial charge in [-0.1, -0.05) is 0 Å². The molecule has 0 amide bonds. The average Bonchev–Trinajstić information content (AvgIpc) is 3.30. The Hall–Kier alpha value is -1.36. The lowest BCUT2D eigenvalue weighted by molar-refractivity contribution is 0.232. The van der Waals surface area contributed by atoms with E-state index in [1.165, 1.54) is 25.7 Å². The second kappa shape index (κ2) is 6.60. The van der Waals surface area contributed by atoms with E-state index in [9.17, 15) is 0 Å². The lowest BCUT2D eigenvalue weighted by Crippen LogP contribution is -2.38.